The average molecular weight is 579 g/mol. The van der Waals surface area contributed by atoms with Crippen LogP contribution >= 0.6 is 0 Å². The molecule has 0 unspecified atom stereocenters. The number of hydrogen-bond donors (Lipinski definition) is 0. The summed E-state index contributed by atoms with van der Waals surface area (Å²) in [6, 6.07) is 22.5. The minimum absolute atomic E-state index is 0.0725. The maximum atomic E-state index is 13.7. The maximum absolute atomic E-state index is 13.7. The topological polar surface area (TPSA) is 103 Å². The monoisotopic (exact) mass is 578 g/mol. The summed E-state index contributed by atoms with van der Waals surface area (Å²) in [4.78, 5) is 26.8. The molecule has 0 saturated heterocycles. The average Bonchev–Trinajstić information content (AvgIpc) is 3.57. The normalized spacial score (nSPS) is 13.0. The molecule has 2 heterocycles. The minimum Gasteiger partial charge on any atom is -0.497 e. The molecule has 1 aromatic heterocycles. The first-order chi connectivity index (χ1) is 20.9. The van der Waals surface area contributed by atoms with Crippen LogP contribution in [0, 0.1) is 0 Å². The molecule has 5 aromatic rings. The number of carbonyl (C=O) groups is 2. The highest BCUT2D eigenvalue weighted by Gasteiger charge is 2.30. The summed E-state index contributed by atoms with van der Waals surface area (Å²) < 4.78 is 39.4. The molecule has 9 heteroatoms. The maximum Gasteiger partial charge on any atom is 0.348 e. The predicted octanol–water partition coefficient (Wildman–Crippen LogP) is 6.97. The van der Waals surface area contributed by atoms with Gasteiger partial charge in [0.2, 0.25) is 5.78 Å². The second-order valence-electron chi connectivity index (χ2n) is 9.47. The van der Waals surface area contributed by atoms with Gasteiger partial charge >= 0.3 is 5.97 Å². The van der Waals surface area contributed by atoms with Crippen LogP contribution in [0.25, 0.3) is 28.4 Å². The van der Waals surface area contributed by atoms with Gasteiger partial charge in [-0.05, 0) is 42.5 Å². The molecule has 0 atom stereocenters. The molecular weight excluding hydrogens is 552 g/mol. The zero-order valence-corrected chi connectivity index (χ0v) is 23.8. The number of allylic oxidation sites excluding steroid dienone is 1. The van der Waals surface area contributed by atoms with E-state index in [1.165, 1.54) is 27.4 Å². The van der Waals surface area contributed by atoms with E-state index in [9.17, 15) is 9.59 Å². The minimum atomic E-state index is -0.638. The summed E-state index contributed by atoms with van der Waals surface area (Å²) >= 11 is 0. The van der Waals surface area contributed by atoms with Crippen molar-refractivity contribution in [3.8, 4) is 45.8 Å². The lowest BCUT2D eigenvalue weighted by molar-refractivity contribution is 0.0736. The lowest BCUT2D eigenvalue weighted by Gasteiger charge is -2.12. The van der Waals surface area contributed by atoms with Crippen molar-refractivity contribution >= 4 is 28.8 Å². The summed E-state index contributed by atoms with van der Waals surface area (Å²) in [6.07, 6.45) is 1.56. The first-order valence-corrected chi connectivity index (χ1v) is 13.2. The molecule has 0 spiro atoms. The third-order valence-electron chi connectivity index (χ3n) is 7.01. The Balaban J connectivity index is 1.32. The Hall–Kier alpha value is -5.70. The van der Waals surface area contributed by atoms with Gasteiger partial charge in [0.05, 0.1) is 34.0 Å². The lowest BCUT2D eigenvalue weighted by atomic mass is 10.1. The number of furan rings is 1. The van der Waals surface area contributed by atoms with Crippen molar-refractivity contribution in [2.24, 2.45) is 0 Å². The van der Waals surface area contributed by atoms with Crippen LogP contribution < -0.4 is 28.4 Å². The highest BCUT2D eigenvalue weighted by Crippen LogP contribution is 2.40. The summed E-state index contributed by atoms with van der Waals surface area (Å²) in [6.45, 7) is 0. The van der Waals surface area contributed by atoms with E-state index in [0.29, 0.717) is 56.4 Å². The fraction of sp³-hybridized carbons (Fsp3) is 0.118. The van der Waals surface area contributed by atoms with Crippen molar-refractivity contribution in [1.82, 2.24) is 0 Å². The fourth-order valence-electron chi connectivity index (χ4n) is 4.89. The standard InChI is InChI=1S/C34H26O9/c1-37-21-11-13-25-24(16-21)31(33(43-25)19-8-6-5-7-9-19)34(36)41-22-10-12-23-27(17-22)42-30(32(23)35)15-20-14-28(39-3)29(40-4)18-26(20)38-2/h5-18H,1-4H3. The smallest absolute Gasteiger partial charge is 0.348 e. The molecule has 0 bridgehead atoms. The van der Waals surface area contributed by atoms with Crippen molar-refractivity contribution in [2.45, 2.75) is 0 Å². The van der Waals surface area contributed by atoms with E-state index in [0.717, 1.165) is 0 Å². The molecule has 9 nitrogen and oxygen atoms in total. The highest BCUT2D eigenvalue weighted by molar-refractivity contribution is 6.15. The summed E-state index contributed by atoms with van der Waals surface area (Å²) in [5.41, 5.74) is 2.36. The van der Waals surface area contributed by atoms with Gasteiger partial charge in [-0.15, -0.1) is 0 Å². The van der Waals surface area contributed by atoms with Crippen molar-refractivity contribution in [3.05, 3.63) is 101 Å². The number of hydrogen-bond acceptors (Lipinski definition) is 9. The molecule has 4 aromatic carbocycles. The van der Waals surface area contributed by atoms with Crippen LogP contribution in [0.5, 0.6) is 34.5 Å². The fourth-order valence-corrected chi connectivity index (χ4v) is 4.89. The van der Waals surface area contributed by atoms with Gasteiger partial charge in [-0.1, -0.05) is 30.3 Å². The molecule has 43 heavy (non-hydrogen) atoms. The molecule has 1 aliphatic rings. The second kappa shape index (κ2) is 11.3. The van der Waals surface area contributed by atoms with Gasteiger partial charge in [-0.25, -0.2) is 4.79 Å². The van der Waals surface area contributed by atoms with E-state index in [-0.39, 0.29) is 28.6 Å². The van der Waals surface area contributed by atoms with Crippen LogP contribution in [-0.4, -0.2) is 40.2 Å². The highest BCUT2D eigenvalue weighted by atomic mass is 16.5. The number of ether oxygens (including phenoxy) is 6. The molecular formula is C34H26O9. The van der Waals surface area contributed by atoms with Gasteiger partial charge in [-0.2, -0.15) is 0 Å². The second-order valence-corrected chi connectivity index (χ2v) is 9.47. The Morgan fingerprint density at radius 2 is 1.47 bits per heavy atom. The zero-order chi connectivity index (χ0) is 30.1. The van der Waals surface area contributed by atoms with Crippen molar-refractivity contribution < 1.29 is 42.4 Å². The van der Waals surface area contributed by atoms with Crippen LogP contribution in [0.4, 0.5) is 0 Å². The number of ketones is 1. The molecule has 1 aliphatic heterocycles. The van der Waals surface area contributed by atoms with E-state index in [1.807, 2.05) is 30.3 Å². The predicted molar refractivity (Wildman–Crippen MR) is 159 cm³/mol. The number of rotatable bonds is 8. The largest absolute Gasteiger partial charge is 0.497 e. The Morgan fingerprint density at radius 3 is 2.19 bits per heavy atom. The molecule has 6 rings (SSSR count). The molecule has 0 aliphatic carbocycles. The van der Waals surface area contributed by atoms with Gasteiger partial charge in [0.1, 0.15) is 39.9 Å². The first-order valence-electron chi connectivity index (χ1n) is 13.2. The number of fused-ring (bicyclic) bond motifs is 2. The zero-order valence-electron chi connectivity index (χ0n) is 23.8. The van der Waals surface area contributed by atoms with Crippen LogP contribution in [0.1, 0.15) is 26.3 Å². The Kier molecular flexibility index (Phi) is 7.21. The Bertz CT molecular complexity index is 1900. The summed E-state index contributed by atoms with van der Waals surface area (Å²) in [7, 11) is 6.10. The van der Waals surface area contributed by atoms with Gasteiger partial charge in [-0.3, -0.25) is 4.79 Å². The van der Waals surface area contributed by atoms with E-state index < -0.39 is 5.97 Å². The van der Waals surface area contributed by atoms with E-state index in [2.05, 4.69) is 0 Å². The molecule has 216 valence electrons. The van der Waals surface area contributed by atoms with Crippen LogP contribution in [-0.2, 0) is 0 Å². The quantitative estimate of drug-likeness (QED) is 0.110. The number of carbonyl (C=O) groups excluding carboxylic acids is 2. The number of benzene rings is 4. The summed E-state index contributed by atoms with van der Waals surface area (Å²) in [5, 5.41) is 0.546. The van der Waals surface area contributed by atoms with Crippen molar-refractivity contribution in [3.63, 3.8) is 0 Å². The van der Waals surface area contributed by atoms with Crippen molar-refractivity contribution in [2.75, 3.05) is 28.4 Å². The van der Waals surface area contributed by atoms with Gasteiger partial charge in [0.15, 0.2) is 17.3 Å². The molecule has 0 fully saturated rings. The van der Waals surface area contributed by atoms with Gasteiger partial charge in [0, 0.05) is 28.6 Å². The third-order valence-corrected chi connectivity index (χ3v) is 7.01. The Labute approximate surface area is 246 Å². The number of esters is 1. The van der Waals surface area contributed by atoms with E-state index >= 15 is 0 Å². The molecule has 0 amide bonds. The van der Waals surface area contributed by atoms with E-state index in [4.69, 9.17) is 32.8 Å². The van der Waals surface area contributed by atoms with E-state index in [1.54, 1.807) is 55.7 Å². The Morgan fingerprint density at radius 1 is 0.744 bits per heavy atom. The molecule has 0 saturated carbocycles. The summed E-state index contributed by atoms with van der Waals surface area (Å²) in [5.74, 6) is 1.90. The van der Waals surface area contributed by atoms with Crippen LogP contribution in [0.2, 0.25) is 0 Å². The SMILES string of the molecule is COc1ccc2oc(-c3ccccc3)c(C(=O)Oc3ccc4c(c3)OC(=Cc3cc(OC)c(OC)cc3OC)C4=O)c2c1. The van der Waals surface area contributed by atoms with Gasteiger partial charge < -0.3 is 32.8 Å². The third kappa shape index (κ3) is 5.01. The van der Waals surface area contributed by atoms with Crippen LogP contribution in [0.3, 0.4) is 0 Å². The number of Topliss-reactive ketones (excluding diaryl/α,β-unsaturated/α-hetero) is 1. The van der Waals surface area contributed by atoms with Gasteiger partial charge in [0.25, 0.3) is 0 Å². The number of methoxy groups -OCH3 is 4. The van der Waals surface area contributed by atoms with Crippen LogP contribution in [0.15, 0.2) is 89.0 Å². The molecule has 0 radical (unpaired) electrons. The van der Waals surface area contributed by atoms with Crippen molar-refractivity contribution in [1.29, 1.82) is 0 Å². The lowest BCUT2D eigenvalue weighted by Crippen LogP contribution is -2.09. The first kappa shape index (κ1) is 27.5. The molecule has 0 N–H and O–H groups in total.